The van der Waals surface area contributed by atoms with Crippen LogP contribution in [0, 0.1) is 24.7 Å². The molecular weight excluding hydrogens is 196 g/mol. The fourth-order valence-corrected chi connectivity index (χ4v) is 3.37. The molecule has 1 aromatic heterocycles. The first-order valence-corrected chi connectivity index (χ1v) is 6.37. The Morgan fingerprint density at radius 1 is 1.25 bits per heavy atom. The first kappa shape index (κ1) is 10.3. The highest BCUT2D eigenvalue weighted by Crippen LogP contribution is 2.56. The van der Waals surface area contributed by atoms with Crippen molar-refractivity contribution in [3.63, 3.8) is 0 Å². The number of rotatable bonds is 3. The average Bonchev–Trinajstić information content (AvgIpc) is 2.90. The lowest BCUT2D eigenvalue weighted by Crippen LogP contribution is -2.24. The van der Waals surface area contributed by atoms with Gasteiger partial charge in [-0.1, -0.05) is 6.07 Å². The Hall–Kier alpha value is -0.890. The van der Waals surface area contributed by atoms with Crippen LogP contribution in [0.5, 0.6) is 0 Å². The van der Waals surface area contributed by atoms with E-state index >= 15 is 0 Å². The van der Waals surface area contributed by atoms with Gasteiger partial charge in [0.25, 0.3) is 0 Å². The second-order valence-electron chi connectivity index (χ2n) is 5.49. The van der Waals surface area contributed by atoms with Crippen molar-refractivity contribution in [1.29, 1.82) is 0 Å². The Morgan fingerprint density at radius 3 is 2.56 bits per heavy atom. The van der Waals surface area contributed by atoms with Crippen LogP contribution in [-0.2, 0) is 0 Å². The van der Waals surface area contributed by atoms with Gasteiger partial charge in [0, 0.05) is 17.9 Å². The summed E-state index contributed by atoms with van der Waals surface area (Å²) in [5, 5.41) is 3.48. The molecule has 0 amide bonds. The maximum atomic E-state index is 4.41. The summed E-state index contributed by atoms with van der Waals surface area (Å²) in [5.41, 5.74) is 2.47. The van der Waals surface area contributed by atoms with Crippen molar-refractivity contribution in [2.45, 2.75) is 32.2 Å². The summed E-state index contributed by atoms with van der Waals surface area (Å²) in [6, 6.07) is 4.86. The van der Waals surface area contributed by atoms with Crippen LogP contribution in [0.15, 0.2) is 18.3 Å². The highest BCUT2D eigenvalue weighted by molar-refractivity contribution is 5.19. The van der Waals surface area contributed by atoms with E-state index in [1.165, 1.54) is 24.8 Å². The fourth-order valence-electron chi connectivity index (χ4n) is 3.37. The van der Waals surface area contributed by atoms with E-state index in [1.54, 1.807) is 0 Å². The molecular formula is C14H20N2. The van der Waals surface area contributed by atoms with Crippen LogP contribution < -0.4 is 5.32 Å². The largest absolute Gasteiger partial charge is 0.313 e. The monoisotopic (exact) mass is 216 g/mol. The Balaban J connectivity index is 1.77. The molecule has 0 bridgehead atoms. The molecule has 2 heteroatoms. The zero-order valence-electron chi connectivity index (χ0n) is 10.1. The zero-order chi connectivity index (χ0) is 11.1. The molecule has 1 heterocycles. The maximum Gasteiger partial charge on any atom is 0.0372 e. The van der Waals surface area contributed by atoms with Gasteiger partial charge < -0.3 is 5.32 Å². The zero-order valence-corrected chi connectivity index (χ0v) is 10.1. The van der Waals surface area contributed by atoms with Crippen molar-refractivity contribution in [2.75, 3.05) is 7.05 Å². The highest BCUT2D eigenvalue weighted by atomic mass is 14.9. The molecule has 2 aliphatic carbocycles. The van der Waals surface area contributed by atoms with Crippen molar-refractivity contribution < 1.29 is 0 Å². The normalized spacial score (nSPS) is 33.5. The molecule has 2 nitrogen and oxygen atoms in total. The molecule has 0 aliphatic heterocycles. The Labute approximate surface area is 97.5 Å². The van der Waals surface area contributed by atoms with Gasteiger partial charge in [-0.15, -0.1) is 0 Å². The van der Waals surface area contributed by atoms with E-state index in [9.17, 15) is 0 Å². The average molecular weight is 216 g/mol. The molecule has 3 atom stereocenters. The minimum atomic E-state index is 0.515. The van der Waals surface area contributed by atoms with Crippen LogP contribution >= 0.6 is 0 Å². The van der Waals surface area contributed by atoms with E-state index in [-0.39, 0.29) is 0 Å². The third kappa shape index (κ3) is 1.75. The smallest absolute Gasteiger partial charge is 0.0372 e. The van der Waals surface area contributed by atoms with Crippen LogP contribution in [0.2, 0.25) is 0 Å². The van der Waals surface area contributed by atoms with E-state index in [4.69, 9.17) is 0 Å². The molecule has 2 saturated carbocycles. The van der Waals surface area contributed by atoms with E-state index in [0.717, 1.165) is 23.4 Å². The van der Waals surface area contributed by atoms with E-state index in [0.29, 0.717) is 6.04 Å². The summed E-state index contributed by atoms with van der Waals surface area (Å²) in [6.07, 6.45) is 6.38. The third-order valence-electron chi connectivity index (χ3n) is 4.36. The summed E-state index contributed by atoms with van der Waals surface area (Å²) in [7, 11) is 2.08. The predicted molar refractivity (Wildman–Crippen MR) is 65.1 cm³/mol. The molecule has 3 rings (SSSR count). The van der Waals surface area contributed by atoms with Crippen molar-refractivity contribution in [3.05, 3.63) is 29.6 Å². The predicted octanol–water partition coefficient (Wildman–Crippen LogP) is 2.70. The number of nitrogens with zero attached hydrogens (tertiary/aromatic N) is 1. The summed E-state index contributed by atoms with van der Waals surface area (Å²) in [6.45, 7) is 2.04. The molecule has 1 aromatic rings. The lowest BCUT2D eigenvalue weighted by atomic mass is 9.90. The SMILES string of the molecule is CNC(c1ccc(C)nc1)C1CC2CC2C1. The number of fused-ring (bicyclic) bond motifs is 1. The van der Waals surface area contributed by atoms with Gasteiger partial charge in [0.2, 0.25) is 0 Å². The molecule has 0 saturated heterocycles. The molecule has 86 valence electrons. The summed E-state index contributed by atoms with van der Waals surface area (Å²) >= 11 is 0. The van der Waals surface area contributed by atoms with Gasteiger partial charge in [0.15, 0.2) is 0 Å². The summed E-state index contributed by atoms with van der Waals surface area (Å²) < 4.78 is 0. The first-order valence-electron chi connectivity index (χ1n) is 6.37. The second kappa shape index (κ2) is 3.85. The Kier molecular flexibility index (Phi) is 2.47. The number of hydrogen-bond donors (Lipinski definition) is 1. The minimum Gasteiger partial charge on any atom is -0.313 e. The first-order chi connectivity index (χ1) is 7.78. The molecule has 1 N–H and O–H groups in total. The number of pyridine rings is 1. The van der Waals surface area contributed by atoms with Crippen LogP contribution in [0.3, 0.4) is 0 Å². The third-order valence-corrected chi connectivity index (χ3v) is 4.36. The van der Waals surface area contributed by atoms with Crippen molar-refractivity contribution >= 4 is 0 Å². The number of hydrogen-bond acceptors (Lipinski definition) is 2. The number of nitrogens with one attached hydrogen (secondary N) is 1. The van der Waals surface area contributed by atoms with Crippen LogP contribution in [0.25, 0.3) is 0 Å². The van der Waals surface area contributed by atoms with Crippen LogP contribution in [0.1, 0.15) is 36.6 Å². The van der Waals surface area contributed by atoms with Crippen molar-refractivity contribution in [2.24, 2.45) is 17.8 Å². The van der Waals surface area contributed by atoms with Gasteiger partial charge in [-0.3, -0.25) is 4.98 Å². The Morgan fingerprint density at radius 2 is 2.00 bits per heavy atom. The van der Waals surface area contributed by atoms with Crippen LogP contribution in [0.4, 0.5) is 0 Å². The molecule has 2 fully saturated rings. The van der Waals surface area contributed by atoms with Gasteiger partial charge in [0.1, 0.15) is 0 Å². The Bertz CT molecular complexity index is 361. The van der Waals surface area contributed by atoms with Gasteiger partial charge in [-0.2, -0.15) is 0 Å². The molecule has 0 radical (unpaired) electrons. The molecule has 3 unspecified atom stereocenters. The van der Waals surface area contributed by atoms with Crippen molar-refractivity contribution in [3.8, 4) is 0 Å². The van der Waals surface area contributed by atoms with E-state index < -0.39 is 0 Å². The molecule has 0 aromatic carbocycles. The standard InChI is InChI=1S/C14H20N2/c1-9-3-4-10(8-16-9)14(15-2)13-6-11-5-12(11)7-13/h3-4,8,11-15H,5-7H2,1-2H3. The molecule has 16 heavy (non-hydrogen) atoms. The quantitative estimate of drug-likeness (QED) is 0.840. The second-order valence-corrected chi connectivity index (χ2v) is 5.49. The lowest BCUT2D eigenvalue weighted by Gasteiger charge is -2.24. The fraction of sp³-hybridized carbons (Fsp3) is 0.643. The van der Waals surface area contributed by atoms with Gasteiger partial charge >= 0.3 is 0 Å². The van der Waals surface area contributed by atoms with E-state index in [1.807, 2.05) is 13.1 Å². The topological polar surface area (TPSA) is 24.9 Å². The van der Waals surface area contributed by atoms with Gasteiger partial charge in [0.05, 0.1) is 0 Å². The minimum absolute atomic E-state index is 0.515. The summed E-state index contributed by atoms with van der Waals surface area (Å²) in [5.74, 6) is 2.94. The van der Waals surface area contributed by atoms with Crippen molar-refractivity contribution in [1.82, 2.24) is 10.3 Å². The maximum absolute atomic E-state index is 4.41. The summed E-state index contributed by atoms with van der Waals surface area (Å²) in [4.78, 5) is 4.41. The highest BCUT2D eigenvalue weighted by Gasteiger charge is 2.47. The number of aryl methyl sites for hydroxylation is 1. The number of aromatic nitrogens is 1. The van der Waals surface area contributed by atoms with Gasteiger partial charge in [-0.05, 0) is 62.6 Å². The lowest BCUT2D eigenvalue weighted by molar-refractivity contribution is 0.359. The molecule has 2 aliphatic rings. The molecule has 0 spiro atoms. The van der Waals surface area contributed by atoms with Gasteiger partial charge in [-0.25, -0.2) is 0 Å². The van der Waals surface area contributed by atoms with E-state index in [2.05, 4.69) is 29.5 Å². The van der Waals surface area contributed by atoms with Crippen LogP contribution in [-0.4, -0.2) is 12.0 Å².